The van der Waals surface area contributed by atoms with Gasteiger partial charge in [0.15, 0.2) is 17.4 Å². The number of halogens is 6. The third-order valence-electron chi connectivity index (χ3n) is 10.2. The number of hydrogen-bond donors (Lipinski definition) is 2. The molecule has 15 heteroatoms. The maximum absolute atomic E-state index is 16.7. The third kappa shape index (κ3) is 4.40. The Morgan fingerprint density at radius 2 is 1.98 bits per heavy atom. The standard InChI is InChI=1S/C30H31F6N7O2/c1-13-7-18(37)39-24(21(13)30(34,35)36)19-22(32)25-20-26(23(19)33)44-11-17-16-4-3-15(38-16)10-43(17)27(20)41-28(40-25)45-12-29-5-2-6-42(29)9-14(31)8-29/h7,14-17,38H,2-6,8-12H2,1H3,(H2,37,39)/t14-,15?,16?,17+,29+/m1/s1. The van der Waals surface area contributed by atoms with Gasteiger partial charge in [-0.2, -0.15) is 23.1 Å². The molecule has 4 saturated heterocycles. The quantitative estimate of drug-likeness (QED) is 0.401. The summed E-state index contributed by atoms with van der Waals surface area (Å²) in [6.07, 6.45) is -2.42. The first kappa shape index (κ1) is 28.9. The number of pyridine rings is 1. The molecule has 0 radical (unpaired) electrons. The Hall–Kier alpha value is -3.59. The molecule has 2 unspecified atom stereocenters. The smallest absolute Gasteiger partial charge is 0.418 e. The van der Waals surface area contributed by atoms with Gasteiger partial charge in [-0.3, -0.25) is 4.90 Å². The number of benzene rings is 1. The van der Waals surface area contributed by atoms with E-state index < -0.39 is 57.6 Å². The lowest BCUT2D eigenvalue weighted by Crippen LogP contribution is -2.60. The van der Waals surface area contributed by atoms with Crippen molar-refractivity contribution in [3.05, 3.63) is 28.8 Å². The Labute approximate surface area is 254 Å². The van der Waals surface area contributed by atoms with E-state index in [9.17, 15) is 17.6 Å². The summed E-state index contributed by atoms with van der Waals surface area (Å²) in [6.45, 7) is 2.66. The number of aromatic nitrogens is 3. The highest BCUT2D eigenvalue weighted by molar-refractivity contribution is 5.99. The Morgan fingerprint density at radius 1 is 1.16 bits per heavy atom. The molecule has 0 aliphatic carbocycles. The number of alkyl halides is 4. The molecule has 5 aliphatic rings. The summed E-state index contributed by atoms with van der Waals surface area (Å²) in [5.74, 6) is -3.33. The van der Waals surface area contributed by atoms with Crippen LogP contribution in [0.2, 0.25) is 0 Å². The van der Waals surface area contributed by atoms with Crippen LogP contribution in [-0.2, 0) is 6.18 Å². The number of aryl methyl sites for hydroxylation is 1. The minimum absolute atomic E-state index is 0.0270. The summed E-state index contributed by atoms with van der Waals surface area (Å²) >= 11 is 0. The second-order valence-corrected chi connectivity index (χ2v) is 12.9. The number of rotatable bonds is 4. The number of nitrogens with two attached hydrogens (primary N) is 1. The second kappa shape index (κ2) is 9.95. The highest BCUT2D eigenvalue weighted by Gasteiger charge is 2.50. The van der Waals surface area contributed by atoms with E-state index in [1.54, 1.807) is 0 Å². The molecule has 0 saturated carbocycles. The highest BCUT2D eigenvalue weighted by Crippen LogP contribution is 2.49. The molecule has 45 heavy (non-hydrogen) atoms. The summed E-state index contributed by atoms with van der Waals surface area (Å²) in [5.41, 5.74) is 1.07. The van der Waals surface area contributed by atoms with Crippen LogP contribution in [0.15, 0.2) is 6.07 Å². The largest absolute Gasteiger partial charge is 0.487 e. The first-order valence-corrected chi connectivity index (χ1v) is 15.2. The van der Waals surface area contributed by atoms with Gasteiger partial charge in [-0.05, 0) is 50.8 Å². The molecule has 0 amide bonds. The van der Waals surface area contributed by atoms with Crippen molar-refractivity contribution < 1.29 is 35.8 Å². The van der Waals surface area contributed by atoms with Crippen LogP contribution >= 0.6 is 0 Å². The molecule has 0 spiro atoms. The summed E-state index contributed by atoms with van der Waals surface area (Å²) in [5, 5.41) is 3.43. The van der Waals surface area contributed by atoms with Gasteiger partial charge in [0.25, 0.3) is 0 Å². The fourth-order valence-electron chi connectivity index (χ4n) is 8.24. The van der Waals surface area contributed by atoms with Crippen LogP contribution in [0, 0.1) is 18.6 Å². The molecule has 2 bridgehead atoms. The van der Waals surface area contributed by atoms with E-state index in [1.807, 2.05) is 9.80 Å². The third-order valence-corrected chi connectivity index (χ3v) is 10.2. The van der Waals surface area contributed by atoms with Gasteiger partial charge in [0.2, 0.25) is 0 Å². The predicted octanol–water partition coefficient (Wildman–Crippen LogP) is 4.54. The molecule has 3 N–H and O–H groups in total. The molecular weight excluding hydrogens is 604 g/mol. The lowest BCUT2D eigenvalue weighted by Gasteiger charge is -2.40. The monoisotopic (exact) mass is 635 g/mol. The minimum atomic E-state index is -5.00. The van der Waals surface area contributed by atoms with Crippen LogP contribution in [0.5, 0.6) is 11.8 Å². The maximum Gasteiger partial charge on any atom is 0.418 e. The number of nitrogens with one attached hydrogen (secondary N) is 1. The SMILES string of the molecule is Cc1cc(N)nc(-c2c(F)c3c4c(nc(OC[C@@]56CCCN5C[C@H](F)C6)nc4c2F)N2CC4CCC(N4)[C@@H]2CO3)c1C(F)(F)F. The zero-order chi connectivity index (χ0) is 31.4. The van der Waals surface area contributed by atoms with Gasteiger partial charge in [0, 0.05) is 31.6 Å². The van der Waals surface area contributed by atoms with E-state index in [0.717, 1.165) is 38.8 Å². The van der Waals surface area contributed by atoms with Crippen LogP contribution in [0.4, 0.5) is 38.0 Å². The van der Waals surface area contributed by atoms with Crippen LogP contribution in [0.3, 0.4) is 0 Å². The summed E-state index contributed by atoms with van der Waals surface area (Å²) in [7, 11) is 0. The second-order valence-electron chi connectivity index (χ2n) is 12.9. The van der Waals surface area contributed by atoms with E-state index in [4.69, 9.17) is 15.2 Å². The Bertz CT molecular complexity index is 1720. The zero-order valence-electron chi connectivity index (χ0n) is 24.4. The van der Waals surface area contributed by atoms with Crippen molar-refractivity contribution in [3.63, 3.8) is 0 Å². The Balaban J connectivity index is 1.34. The lowest BCUT2D eigenvalue weighted by atomic mass is 9.95. The van der Waals surface area contributed by atoms with Crippen molar-refractivity contribution in [2.45, 2.75) is 75.0 Å². The van der Waals surface area contributed by atoms with Crippen molar-refractivity contribution >= 4 is 22.5 Å². The molecule has 2 aromatic heterocycles. The van der Waals surface area contributed by atoms with Crippen LogP contribution in [0.25, 0.3) is 22.2 Å². The topological polar surface area (TPSA) is 102 Å². The molecule has 3 aromatic rings. The zero-order valence-corrected chi connectivity index (χ0v) is 24.4. The van der Waals surface area contributed by atoms with Gasteiger partial charge in [-0.15, -0.1) is 0 Å². The number of ether oxygens (including phenoxy) is 2. The normalized spacial score (nSPS) is 29.1. The average molecular weight is 636 g/mol. The first-order chi connectivity index (χ1) is 21.4. The van der Waals surface area contributed by atoms with Gasteiger partial charge in [0.1, 0.15) is 36.5 Å². The van der Waals surface area contributed by atoms with Crippen molar-refractivity contribution in [3.8, 4) is 23.0 Å². The maximum atomic E-state index is 16.7. The van der Waals surface area contributed by atoms with Crippen molar-refractivity contribution in [2.24, 2.45) is 0 Å². The summed E-state index contributed by atoms with van der Waals surface area (Å²) < 4.78 is 103. The fourth-order valence-corrected chi connectivity index (χ4v) is 8.24. The Morgan fingerprint density at radius 3 is 2.78 bits per heavy atom. The van der Waals surface area contributed by atoms with Gasteiger partial charge >= 0.3 is 12.2 Å². The highest BCUT2D eigenvalue weighted by atomic mass is 19.4. The molecule has 5 aliphatic heterocycles. The molecule has 9 nitrogen and oxygen atoms in total. The summed E-state index contributed by atoms with van der Waals surface area (Å²) in [6, 6.07) is 0.523. The fraction of sp³-hybridized carbons (Fsp3) is 0.567. The average Bonchev–Trinajstić information content (AvgIpc) is 3.59. The van der Waals surface area contributed by atoms with Crippen LogP contribution < -0.4 is 25.4 Å². The number of fused-ring (bicyclic) bond motifs is 6. The molecular formula is C30H31F6N7O2. The predicted molar refractivity (Wildman–Crippen MR) is 152 cm³/mol. The molecule has 5 atom stereocenters. The van der Waals surface area contributed by atoms with E-state index in [0.29, 0.717) is 19.5 Å². The van der Waals surface area contributed by atoms with Gasteiger partial charge in [-0.25, -0.2) is 18.2 Å². The van der Waals surface area contributed by atoms with Gasteiger partial charge in [-0.1, -0.05) is 0 Å². The number of anilines is 2. The molecule has 1 aromatic carbocycles. The van der Waals surface area contributed by atoms with Crippen molar-refractivity contribution in [1.82, 2.24) is 25.2 Å². The number of nitrogens with zero attached hydrogens (tertiary/aromatic N) is 5. The van der Waals surface area contributed by atoms with E-state index >= 15 is 8.78 Å². The van der Waals surface area contributed by atoms with E-state index in [1.165, 1.54) is 0 Å². The molecule has 240 valence electrons. The number of nitrogen functional groups attached to an aromatic ring is 1. The molecule has 4 fully saturated rings. The van der Waals surface area contributed by atoms with Crippen LogP contribution in [0.1, 0.15) is 43.2 Å². The number of hydrogen-bond acceptors (Lipinski definition) is 9. The van der Waals surface area contributed by atoms with Gasteiger partial charge < -0.3 is 25.4 Å². The van der Waals surface area contributed by atoms with Crippen molar-refractivity contribution in [1.29, 1.82) is 0 Å². The first-order valence-electron chi connectivity index (χ1n) is 15.2. The van der Waals surface area contributed by atoms with Crippen LogP contribution in [-0.4, -0.2) is 82.5 Å². The van der Waals surface area contributed by atoms with E-state index in [-0.39, 0.29) is 66.4 Å². The minimum Gasteiger partial charge on any atom is -0.487 e. The lowest BCUT2D eigenvalue weighted by molar-refractivity contribution is -0.137. The van der Waals surface area contributed by atoms with Crippen molar-refractivity contribution in [2.75, 3.05) is 43.5 Å². The Kier molecular flexibility index (Phi) is 6.38. The molecule has 8 rings (SSSR count). The summed E-state index contributed by atoms with van der Waals surface area (Å²) in [4.78, 5) is 16.7. The van der Waals surface area contributed by atoms with E-state index in [2.05, 4.69) is 20.3 Å². The van der Waals surface area contributed by atoms with Gasteiger partial charge in [0.05, 0.1) is 33.8 Å². The molecule has 7 heterocycles. The number of piperazine rings is 1.